The van der Waals surface area contributed by atoms with E-state index in [1.165, 1.54) is 4.31 Å². The second-order valence-corrected chi connectivity index (χ2v) is 8.53. The van der Waals surface area contributed by atoms with Crippen LogP contribution in [0.2, 0.25) is 0 Å². The van der Waals surface area contributed by atoms with Crippen LogP contribution in [0.15, 0.2) is 71.8 Å². The van der Waals surface area contributed by atoms with Crippen LogP contribution in [-0.2, 0) is 10.0 Å². The Bertz CT molecular complexity index is 1010. The maximum absolute atomic E-state index is 13.3. The number of hydrogen-bond donors (Lipinski definition) is 1. The number of aliphatic hydroxyl groups excluding tert-OH is 1. The van der Waals surface area contributed by atoms with Gasteiger partial charge < -0.3 is 5.11 Å². The first-order valence-electron chi connectivity index (χ1n) is 8.94. The highest BCUT2D eigenvalue weighted by Crippen LogP contribution is 2.30. The molecule has 1 N–H and O–H groups in total. The van der Waals surface area contributed by atoms with Gasteiger partial charge in [-0.2, -0.15) is 9.40 Å². The second kappa shape index (κ2) is 7.26. The van der Waals surface area contributed by atoms with E-state index < -0.39 is 16.1 Å². The lowest BCUT2D eigenvalue weighted by Crippen LogP contribution is -2.40. The molecule has 3 aromatic rings. The first kappa shape index (κ1) is 17.9. The summed E-state index contributed by atoms with van der Waals surface area (Å²) in [7, 11) is -3.71. The van der Waals surface area contributed by atoms with Gasteiger partial charge in [0.1, 0.15) is 10.6 Å². The average molecular weight is 383 g/mol. The van der Waals surface area contributed by atoms with Crippen molar-refractivity contribution >= 4 is 10.0 Å². The minimum absolute atomic E-state index is 0.189. The third-order valence-electron chi connectivity index (χ3n) is 4.79. The standard InChI is InChI=1S/C20H21N3O3S/c24-18-11-13-22(14-12-18)27(25,26)19-15-23(17-9-5-2-6-10-17)21-20(19)16-7-3-1-4-8-16/h1-10,15,18,24H,11-14H2. The largest absolute Gasteiger partial charge is 0.393 e. The number of sulfonamides is 1. The molecule has 2 aromatic carbocycles. The molecule has 0 saturated carbocycles. The summed E-state index contributed by atoms with van der Waals surface area (Å²) in [5.74, 6) is 0. The van der Waals surface area contributed by atoms with Gasteiger partial charge in [-0.15, -0.1) is 0 Å². The van der Waals surface area contributed by atoms with E-state index in [4.69, 9.17) is 0 Å². The van der Waals surface area contributed by atoms with E-state index in [1.54, 1.807) is 10.9 Å². The molecule has 1 fully saturated rings. The molecule has 140 valence electrons. The van der Waals surface area contributed by atoms with Gasteiger partial charge in [0.15, 0.2) is 0 Å². The van der Waals surface area contributed by atoms with E-state index in [1.807, 2.05) is 60.7 Å². The van der Waals surface area contributed by atoms with E-state index in [2.05, 4.69) is 5.10 Å². The van der Waals surface area contributed by atoms with Gasteiger partial charge in [-0.25, -0.2) is 13.1 Å². The molecule has 0 spiro atoms. The fraction of sp³-hybridized carbons (Fsp3) is 0.250. The van der Waals surface area contributed by atoms with Gasteiger partial charge in [0.2, 0.25) is 10.0 Å². The Hall–Kier alpha value is -2.48. The molecule has 6 nitrogen and oxygen atoms in total. The van der Waals surface area contributed by atoms with Crippen molar-refractivity contribution in [1.82, 2.24) is 14.1 Å². The minimum Gasteiger partial charge on any atom is -0.393 e. The Kier molecular flexibility index (Phi) is 4.82. The van der Waals surface area contributed by atoms with Crippen molar-refractivity contribution in [2.75, 3.05) is 13.1 Å². The fourth-order valence-electron chi connectivity index (χ4n) is 3.28. The predicted octanol–water partition coefficient (Wildman–Crippen LogP) is 2.68. The number of aliphatic hydroxyl groups is 1. The third kappa shape index (κ3) is 3.53. The zero-order chi connectivity index (χ0) is 18.9. The van der Waals surface area contributed by atoms with Crippen molar-refractivity contribution in [2.45, 2.75) is 23.8 Å². The van der Waals surface area contributed by atoms with E-state index >= 15 is 0 Å². The predicted molar refractivity (Wildman–Crippen MR) is 103 cm³/mol. The Morgan fingerprint density at radius 3 is 2.15 bits per heavy atom. The van der Waals surface area contributed by atoms with Crippen LogP contribution in [0.25, 0.3) is 16.9 Å². The zero-order valence-electron chi connectivity index (χ0n) is 14.8. The van der Waals surface area contributed by atoms with Gasteiger partial charge in [-0.1, -0.05) is 48.5 Å². The summed E-state index contributed by atoms with van der Waals surface area (Å²) in [6, 6.07) is 18.8. The Morgan fingerprint density at radius 2 is 1.52 bits per heavy atom. The van der Waals surface area contributed by atoms with Crippen molar-refractivity contribution in [1.29, 1.82) is 0 Å². The number of rotatable bonds is 4. The van der Waals surface area contributed by atoms with Crippen LogP contribution in [0.4, 0.5) is 0 Å². The molecule has 1 aliphatic heterocycles. The lowest BCUT2D eigenvalue weighted by atomic mass is 10.1. The lowest BCUT2D eigenvalue weighted by Gasteiger charge is -2.28. The Labute approximate surface area is 158 Å². The van der Waals surface area contributed by atoms with Gasteiger partial charge in [0, 0.05) is 18.7 Å². The molecule has 0 unspecified atom stereocenters. The van der Waals surface area contributed by atoms with Crippen molar-refractivity contribution in [3.05, 3.63) is 66.9 Å². The maximum Gasteiger partial charge on any atom is 0.246 e. The molecule has 0 radical (unpaired) electrons. The fourth-order valence-corrected chi connectivity index (χ4v) is 4.88. The molecule has 27 heavy (non-hydrogen) atoms. The second-order valence-electron chi connectivity index (χ2n) is 6.62. The number of benzene rings is 2. The Balaban J connectivity index is 1.82. The summed E-state index contributed by atoms with van der Waals surface area (Å²) in [6.45, 7) is 0.627. The molecular weight excluding hydrogens is 362 g/mol. The number of aromatic nitrogens is 2. The number of hydrogen-bond acceptors (Lipinski definition) is 4. The maximum atomic E-state index is 13.3. The highest BCUT2D eigenvalue weighted by molar-refractivity contribution is 7.89. The van der Waals surface area contributed by atoms with Crippen LogP contribution >= 0.6 is 0 Å². The van der Waals surface area contributed by atoms with E-state index in [-0.39, 0.29) is 4.90 Å². The number of nitrogens with zero attached hydrogens (tertiary/aromatic N) is 3. The highest BCUT2D eigenvalue weighted by atomic mass is 32.2. The molecule has 0 amide bonds. The van der Waals surface area contributed by atoms with E-state index in [0.717, 1.165) is 11.3 Å². The molecule has 1 saturated heterocycles. The van der Waals surface area contributed by atoms with Crippen LogP contribution in [-0.4, -0.2) is 46.8 Å². The van der Waals surface area contributed by atoms with Crippen LogP contribution in [0, 0.1) is 0 Å². The van der Waals surface area contributed by atoms with Gasteiger partial charge in [0.05, 0.1) is 18.0 Å². The summed E-state index contributed by atoms with van der Waals surface area (Å²) in [6.07, 6.45) is 2.05. The van der Waals surface area contributed by atoms with Crippen LogP contribution in [0.3, 0.4) is 0 Å². The SMILES string of the molecule is O=S(=O)(c1cn(-c2ccccc2)nc1-c1ccccc1)N1CCC(O)CC1. The average Bonchev–Trinajstić information content (AvgIpc) is 3.16. The first-order valence-corrected chi connectivity index (χ1v) is 10.4. The smallest absolute Gasteiger partial charge is 0.246 e. The van der Waals surface area contributed by atoms with Crippen molar-refractivity contribution in [3.63, 3.8) is 0 Å². The van der Waals surface area contributed by atoms with E-state index in [9.17, 15) is 13.5 Å². The number of para-hydroxylation sites is 1. The van der Waals surface area contributed by atoms with Crippen LogP contribution in [0.5, 0.6) is 0 Å². The molecule has 2 heterocycles. The van der Waals surface area contributed by atoms with Crippen LogP contribution in [0.1, 0.15) is 12.8 Å². The summed E-state index contributed by atoms with van der Waals surface area (Å²) >= 11 is 0. The molecule has 7 heteroatoms. The van der Waals surface area contributed by atoms with Gasteiger partial charge in [-0.3, -0.25) is 0 Å². The van der Waals surface area contributed by atoms with Gasteiger partial charge in [-0.05, 0) is 25.0 Å². The molecule has 0 aliphatic carbocycles. The molecule has 1 aliphatic rings. The summed E-state index contributed by atoms with van der Waals surface area (Å²) in [5, 5.41) is 14.3. The first-order chi connectivity index (χ1) is 13.1. The van der Waals surface area contributed by atoms with Crippen molar-refractivity contribution in [2.24, 2.45) is 0 Å². The third-order valence-corrected chi connectivity index (χ3v) is 6.69. The summed E-state index contributed by atoms with van der Waals surface area (Å²) < 4.78 is 29.7. The monoisotopic (exact) mass is 383 g/mol. The van der Waals surface area contributed by atoms with E-state index in [0.29, 0.717) is 31.6 Å². The Morgan fingerprint density at radius 1 is 0.926 bits per heavy atom. The number of piperidine rings is 1. The van der Waals surface area contributed by atoms with Gasteiger partial charge >= 0.3 is 0 Å². The van der Waals surface area contributed by atoms with Crippen molar-refractivity contribution in [3.8, 4) is 16.9 Å². The van der Waals surface area contributed by atoms with Crippen LogP contribution < -0.4 is 0 Å². The quantitative estimate of drug-likeness (QED) is 0.752. The molecule has 4 rings (SSSR count). The topological polar surface area (TPSA) is 75.4 Å². The highest BCUT2D eigenvalue weighted by Gasteiger charge is 2.32. The minimum atomic E-state index is -3.71. The van der Waals surface area contributed by atoms with Gasteiger partial charge in [0.25, 0.3) is 0 Å². The summed E-state index contributed by atoms with van der Waals surface area (Å²) in [5.41, 5.74) is 1.98. The summed E-state index contributed by atoms with van der Waals surface area (Å²) in [4.78, 5) is 0.189. The zero-order valence-corrected chi connectivity index (χ0v) is 15.6. The molecule has 0 atom stereocenters. The normalized spacial score (nSPS) is 16.5. The molecule has 0 bridgehead atoms. The van der Waals surface area contributed by atoms with Crippen molar-refractivity contribution < 1.29 is 13.5 Å². The lowest BCUT2D eigenvalue weighted by molar-refractivity contribution is 0.113. The molecular formula is C20H21N3O3S. The molecule has 1 aromatic heterocycles.